The Morgan fingerprint density at radius 1 is 1.46 bits per heavy atom. The number of anilines is 1. The molecule has 3 atom stereocenters. The van der Waals surface area contributed by atoms with Gasteiger partial charge >= 0.3 is 5.92 Å². The van der Waals surface area contributed by atoms with Gasteiger partial charge in [0, 0.05) is 6.20 Å². The van der Waals surface area contributed by atoms with Crippen LogP contribution in [0.15, 0.2) is 24.4 Å². The van der Waals surface area contributed by atoms with E-state index in [1.165, 1.54) is 19.2 Å². The highest BCUT2D eigenvalue weighted by atomic mass is 19.3. The molecule has 2 heterocycles. The number of hydrogen-bond donors (Lipinski definition) is 1. The Morgan fingerprint density at radius 3 is 2.62 bits per heavy atom. The van der Waals surface area contributed by atoms with Gasteiger partial charge in [-0.3, -0.25) is 0 Å². The van der Waals surface area contributed by atoms with Crippen molar-refractivity contribution in [2.75, 3.05) is 5.32 Å². The summed E-state index contributed by atoms with van der Waals surface area (Å²) >= 11 is 0. The largest absolute Gasteiger partial charge is 0.349 e. The van der Waals surface area contributed by atoms with Gasteiger partial charge in [-0.15, -0.1) is 0 Å². The van der Waals surface area contributed by atoms with Crippen molar-refractivity contribution in [3.63, 3.8) is 0 Å². The van der Waals surface area contributed by atoms with Gasteiger partial charge in [0.2, 0.25) is 5.95 Å². The van der Waals surface area contributed by atoms with Crippen molar-refractivity contribution in [1.29, 1.82) is 0 Å². The third-order valence-corrected chi connectivity index (χ3v) is 4.02. The second-order valence-electron chi connectivity index (χ2n) is 6.58. The molecule has 1 N–H and O–H groups in total. The van der Waals surface area contributed by atoms with E-state index >= 15 is 0 Å². The predicted molar refractivity (Wildman–Crippen MR) is 87.9 cm³/mol. The van der Waals surface area contributed by atoms with Crippen LogP contribution in [0.2, 0.25) is 0 Å². The minimum absolute atomic E-state index is 0.127. The van der Waals surface area contributed by atoms with E-state index in [0.29, 0.717) is 6.42 Å². The molecular weight excluding hydrogens is 316 g/mol. The summed E-state index contributed by atoms with van der Waals surface area (Å²) in [6.45, 7) is 12.2. The summed E-state index contributed by atoms with van der Waals surface area (Å²) in [7, 11) is 0. The molecule has 0 unspecified atom stereocenters. The Morgan fingerprint density at radius 2 is 2.12 bits per heavy atom. The van der Waals surface area contributed by atoms with E-state index in [4.69, 9.17) is 9.47 Å². The molecule has 1 saturated heterocycles. The van der Waals surface area contributed by atoms with Crippen LogP contribution in [-0.4, -0.2) is 34.0 Å². The Kier molecular flexibility index (Phi) is 5.25. The summed E-state index contributed by atoms with van der Waals surface area (Å²) in [5, 5.41) is 3.10. The molecule has 1 aliphatic rings. The molecule has 1 aliphatic heterocycles. The molecule has 5 nitrogen and oxygen atoms in total. The molecule has 0 amide bonds. The second kappa shape index (κ2) is 6.72. The molecule has 24 heavy (non-hydrogen) atoms. The standard InChI is InChI=1S/C17H25F2N3O2/c1-7-12(14-11(4)23-16(5,6)24-14)21-15-20-9-8-13(22-15)17(18,19)10(2)3/h8-9,11-12,14H,2,7H2,1,3-6H3,(H,20,21,22)/t11-,12-,14-/m0/s1. The van der Waals surface area contributed by atoms with Crippen molar-refractivity contribution in [3.05, 3.63) is 30.1 Å². The number of nitrogens with zero attached hydrogens (tertiary/aromatic N) is 2. The molecule has 1 aromatic rings. The molecule has 0 aliphatic carbocycles. The number of alkyl halides is 2. The summed E-state index contributed by atoms with van der Waals surface area (Å²) in [6, 6.07) is 1.04. The van der Waals surface area contributed by atoms with Crippen LogP contribution >= 0.6 is 0 Å². The average molecular weight is 341 g/mol. The number of allylic oxidation sites excluding steroid dienone is 1. The maximum absolute atomic E-state index is 14.1. The summed E-state index contributed by atoms with van der Waals surface area (Å²) in [5.74, 6) is -3.72. The van der Waals surface area contributed by atoms with Crippen LogP contribution in [0.1, 0.15) is 46.7 Å². The summed E-state index contributed by atoms with van der Waals surface area (Å²) in [5.41, 5.74) is -0.638. The highest BCUT2D eigenvalue weighted by molar-refractivity contribution is 5.31. The fourth-order valence-electron chi connectivity index (χ4n) is 2.78. The second-order valence-corrected chi connectivity index (χ2v) is 6.58. The van der Waals surface area contributed by atoms with Crippen molar-refractivity contribution in [1.82, 2.24) is 9.97 Å². The highest BCUT2D eigenvalue weighted by Gasteiger charge is 2.42. The SMILES string of the molecule is C=C(C)C(F)(F)c1ccnc(N[C@@H](CC)[C@H]2OC(C)(C)O[C@H]2C)n1. The van der Waals surface area contributed by atoms with Crippen molar-refractivity contribution in [2.45, 2.75) is 71.0 Å². The molecule has 0 aromatic carbocycles. The van der Waals surface area contributed by atoms with Gasteiger partial charge in [0.15, 0.2) is 5.79 Å². The van der Waals surface area contributed by atoms with E-state index in [2.05, 4.69) is 21.9 Å². The minimum Gasteiger partial charge on any atom is -0.349 e. The normalized spacial score (nSPS) is 24.6. The Bertz CT molecular complexity index is 607. The molecule has 0 bridgehead atoms. The number of halogens is 2. The molecule has 0 saturated carbocycles. The maximum Gasteiger partial charge on any atom is 0.310 e. The fourth-order valence-corrected chi connectivity index (χ4v) is 2.78. The van der Waals surface area contributed by atoms with E-state index in [0.717, 1.165) is 0 Å². The molecule has 2 rings (SSSR count). The van der Waals surface area contributed by atoms with Gasteiger partial charge in [0.25, 0.3) is 0 Å². The lowest BCUT2D eigenvalue weighted by Crippen LogP contribution is -2.39. The van der Waals surface area contributed by atoms with Crippen LogP contribution in [0.3, 0.4) is 0 Å². The van der Waals surface area contributed by atoms with E-state index in [1.54, 1.807) is 0 Å². The molecule has 0 radical (unpaired) electrons. The van der Waals surface area contributed by atoms with Gasteiger partial charge in [-0.25, -0.2) is 9.97 Å². The molecule has 1 fully saturated rings. The third kappa shape index (κ3) is 3.89. The molecule has 1 aromatic heterocycles. The first-order valence-electron chi connectivity index (χ1n) is 8.06. The first-order chi connectivity index (χ1) is 11.1. The Balaban J connectivity index is 2.19. The average Bonchev–Trinajstić information content (AvgIpc) is 2.77. The van der Waals surface area contributed by atoms with Crippen molar-refractivity contribution < 1.29 is 18.3 Å². The van der Waals surface area contributed by atoms with Gasteiger partial charge in [-0.2, -0.15) is 8.78 Å². The number of hydrogen-bond acceptors (Lipinski definition) is 5. The van der Waals surface area contributed by atoms with Crippen LogP contribution in [0.5, 0.6) is 0 Å². The van der Waals surface area contributed by atoms with Crippen LogP contribution in [-0.2, 0) is 15.4 Å². The minimum atomic E-state index is -3.19. The number of aromatic nitrogens is 2. The van der Waals surface area contributed by atoms with Gasteiger partial charge in [0.05, 0.1) is 12.1 Å². The van der Waals surface area contributed by atoms with Gasteiger partial charge in [-0.1, -0.05) is 13.5 Å². The van der Waals surface area contributed by atoms with E-state index < -0.39 is 11.7 Å². The smallest absolute Gasteiger partial charge is 0.310 e. The lowest BCUT2D eigenvalue weighted by molar-refractivity contribution is -0.146. The zero-order valence-corrected chi connectivity index (χ0v) is 14.8. The van der Waals surface area contributed by atoms with E-state index in [-0.39, 0.29) is 35.5 Å². The van der Waals surface area contributed by atoms with Crippen molar-refractivity contribution >= 4 is 5.95 Å². The lowest BCUT2D eigenvalue weighted by Gasteiger charge is -2.26. The van der Waals surface area contributed by atoms with Crippen LogP contribution in [0.25, 0.3) is 0 Å². The first-order valence-corrected chi connectivity index (χ1v) is 8.06. The van der Waals surface area contributed by atoms with Crippen LogP contribution < -0.4 is 5.32 Å². The maximum atomic E-state index is 14.1. The van der Waals surface area contributed by atoms with E-state index in [1.807, 2.05) is 27.7 Å². The van der Waals surface area contributed by atoms with Crippen LogP contribution in [0.4, 0.5) is 14.7 Å². The number of ether oxygens (including phenoxy) is 2. The first kappa shape index (κ1) is 18.7. The highest BCUT2D eigenvalue weighted by Crippen LogP contribution is 2.34. The van der Waals surface area contributed by atoms with Crippen LogP contribution in [0, 0.1) is 0 Å². The third-order valence-electron chi connectivity index (χ3n) is 4.02. The zero-order valence-electron chi connectivity index (χ0n) is 14.8. The summed E-state index contributed by atoms with van der Waals surface area (Å²) < 4.78 is 39.8. The van der Waals surface area contributed by atoms with E-state index in [9.17, 15) is 8.78 Å². The Labute approximate surface area is 141 Å². The quantitative estimate of drug-likeness (QED) is 0.796. The Hall–Kier alpha value is -1.60. The van der Waals surface area contributed by atoms with Crippen molar-refractivity contribution in [2.24, 2.45) is 0 Å². The summed E-state index contributed by atoms with van der Waals surface area (Å²) in [4.78, 5) is 8.01. The fraction of sp³-hybridized carbons (Fsp3) is 0.647. The topological polar surface area (TPSA) is 56.3 Å². The monoisotopic (exact) mass is 341 g/mol. The zero-order chi connectivity index (χ0) is 18.1. The van der Waals surface area contributed by atoms with Gasteiger partial charge in [-0.05, 0) is 45.8 Å². The lowest BCUT2D eigenvalue weighted by atomic mass is 10.0. The number of rotatable bonds is 6. The molecule has 7 heteroatoms. The van der Waals surface area contributed by atoms with Crippen molar-refractivity contribution in [3.8, 4) is 0 Å². The molecule has 134 valence electrons. The summed E-state index contributed by atoms with van der Waals surface area (Å²) in [6.07, 6.45) is 1.67. The van der Waals surface area contributed by atoms with Gasteiger partial charge < -0.3 is 14.8 Å². The predicted octanol–water partition coefficient (Wildman–Crippen LogP) is 3.88. The van der Waals surface area contributed by atoms with Gasteiger partial charge in [0.1, 0.15) is 11.8 Å². The molecule has 0 spiro atoms. The number of nitrogens with one attached hydrogen (secondary N) is 1. The molecular formula is C17H25F2N3O2.